The van der Waals surface area contributed by atoms with Gasteiger partial charge in [-0.05, 0) is 24.3 Å². The molecule has 0 fully saturated rings. The van der Waals surface area contributed by atoms with E-state index in [9.17, 15) is 4.79 Å². The Bertz CT molecular complexity index is 1270. The Labute approximate surface area is 196 Å². The molecule has 0 aliphatic heterocycles. The Morgan fingerprint density at radius 1 is 1.29 bits per heavy atom. The third-order valence-electron chi connectivity index (χ3n) is 4.25. The van der Waals surface area contributed by atoms with Gasteiger partial charge < -0.3 is 9.57 Å². The van der Waals surface area contributed by atoms with E-state index in [0.717, 1.165) is 21.1 Å². The van der Waals surface area contributed by atoms with E-state index in [1.165, 1.54) is 30.2 Å². The maximum absolute atomic E-state index is 12.1. The van der Waals surface area contributed by atoms with Gasteiger partial charge in [0, 0.05) is 32.1 Å². The van der Waals surface area contributed by atoms with Gasteiger partial charge in [0.2, 0.25) is 0 Å². The Hall–Kier alpha value is -2.52. The number of imidazole rings is 1. The van der Waals surface area contributed by atoms with Crippen LogP contribution in [0.5, 0.6) is 0 Å². The molecule has 0 saturated heterocycles. The van der Waals surface area contributed by atoms with Crippen LogP contribution in [0.2, 0.25) is 10.0 Å². The number of thiazole rings is 1. The predicted octanol–water partition coefficient (Wildman–Crippen LogP) is 6.19. The Balaban J connectivity index is 1.57. The molecule has 31 heavy (non-hydrogen) atoms. The van der Waals surface area contributed by atoms with E-state index in [4.69, 9.17) is 32.8 Å². The minimum atomic E-state index is -0.400. The number of oxime groups is 1. The molecular formula is C21H15Cl2N3O3S2. The van der Waals surface area contributed by atoms with Crippen LogP contribution in [0, 0.1) is 0 Å². The molecule has 0 saturated carbocycles. The van der Waals surface area contributed by atoms with Crippen LogP contribution in [0.15, 0.2) is 69.1 Å². The fourth-order valence-corrected chi connectivity index (χ4v) is 4.99. The summed E-state index contributed by atoms with van der Waals surface area (Å²) >= 11 is 15.0. The number of hydrogen-bond donors (Lipinski definition) is 0. The second-order valence-corrected chi connectivity index (χ2v) is 8.94. The molecular weight excluding hydrogens is 477 g/mol. The predicted molar refractivity (Wildman–Crippen MR) is 124 cm³/mol. The van der Waals surface area contributed by atoms with Crippen LogP contribution in [0.25, 0.3) is 4.96 Å². The number of aromatic nitrogens is 2. The highest BCUT2D eigenvalue weighted by Crippen LogP contribution is 2.33. The number of methoxy groups -OCH3 is 1. The van der Waals surface area contributed by atoms with Crippen LogP contribution in [0.1, 0.15) is 21.6 Å². The number of halogens is 2. The highest BCUT2D eigenvalue weighted by Gasteiger charge is 2.17. The van der Waals surface area contributed by atoms with E-state index in [2.05, 4.69) is 10.1 Å². The zero-order chi connectivity index (χ0) is 21.8. The SMILES string of the molecule is COC(=O)c1ccccc1Sc1nc2sccn2c1C=NOCc1ccc(Cl)cc1Cl. The third kappa shape index (κ3) is 4.88. The first kappa shape index (κ1) is 21.7. The summed E-state index contributed by atoms with van der Waals surface area (Å²) in [7, 11) is 1.36. The van der Waals surface area contributed by atoms with Crippen molar-refractivity contribution < 1.29 is 14.4 Å². The van der Waals surface area contributed by atoms with Crippen LogP contribution in [-0.4, -0.2) is 28.7 Å². The van der Waals surface area contributed by atoms with Crippen molar-refractivity contribution >= 4 is 63.4 Å². The third-order valence-corrected chi connectivity index (χ3v) is 6.66. The molecule has 0 aliphatic carbocycles. The van der Waals surface area contributed by atoms with Crippen molar-refractivity contribution in [3.63, 3.8) is 0 Å². The molecule has 158 valence electrons. The zero-order valence-corrected chi connectivity index (χ0v) is 19.3. The minimum Gasteiger partial charge on any atom is -0.465 e. The minimum absolute atomic E-state index is 0.200. The summed E-state index contributed by atoms with van der Waals surface area (Å²) in [5.41, 5.74) is 1.99. The van der Waals surface area contributed by atoms with Gasteiger partial charge in [0.25, 0.3) is 0 Å². The lowest BCUT2D eigenvalue weighted by molar-refractivity contribution is 0.0597. The molecule has 4 rings (SSSR count). The maximum atomic E-state index is 12.1. The highest BCUT2D eigenvalue weighted by atomic mass is 35.5. The number of carbonyl (C=O) groups excluding carboxylic acids is 1. The summed E-state index contributed by atoms with van der Waals surface area (Å²) in [6.45, 7) is 0.200. The first-order valence-corrected chi connectivity index (χ1v) is 11.4. The van der Waals surface area contributed by atoms with Gasteiger partial charge in [0.05, 0.1) is 18.9 Å². The van der Waals surface area contributed by atoms with Crippen LogP contribution >= 0.6 is 46.3 Å². The zero-order valence-electron chi connectivity index (χ0n) is 16.1. The van der Waals surface area contributed by atoms with Crippen LogP contribution < -0.4 is 0 Å². The van der Waals surface area contributed by atoms with Gasteiger partial charge >= 0.3 is 5.97 Å². The van der Waals surface area contributed by atoms with Crippen molar-refractivity contribution in [2.75, 3.05) is 7.11 Å². The first-order valence-electron chi connectivity index (χ1n) is 8.97. The van der Waals surface area contributed by atoms with Gasteiger partial charge in [-0.25, -0.2) is 9.78 Å². The van der Waals surface area contributed by atoms with Crippen molar-refractivity contribution in [2.24, 2.45) is 5.16 Å². The molecule has 0 bridgehead atoms. The first-order chi connectivity index (χ1) is 15.1. The van der Waals surface area contributed by atoms with Gasteiger partial charge in [0.15, 0.2) is 4.96 Å². The van der Waals surface area contributed by atoms with E-state index >= 15 is 0 Å². The normalized spacial score (nSPS) is 11.3. The van der Waals surface area contributed by atoms with Gasteiger partial charge in [-0.3, -0.25) is 4.40 Å². The largest absolute Gasteiger partial charge is 0.465 e. The van der Waals surface area contributed by atoms with Crippen molar-refractivity contribution in [2.45, 2.75) is 16.5 Å². The molecule has 10 heteroatoms. The van der Waals surface area contributed by atoms with Crippen LogP contribution in [-0.2, 0) is 16.2 Å². The summed E-state index contributed by atoms with van der Waals surface area (Å²) in [5, 5.41) is 7.81. The molecule has 0 N–H and O–H groups in total. The number of esters is 1. The molecule has 2 aromatic carbocycles. The Morgan fingerprint density at radius 3 is 2.94 bits per heavy atom. The smallest absolute Gasteiger partial charge is 0.339 e. The highest BCUT2D eigenvalue weighted by molar-refractivity contribution is 7.99. The lowest BCUT2D eigenvalue weighted by Gasteiger charge is -2.06. The van der Waals surface area contributed by atoms with Crippen molar-refractivity contribution in [3.8, 4) is 0 Å². The lowest BCUT2D eigenvalue weighted by Crippen LogP contribution is -2.02. The van der Waals surface area contributed by atoms with E-state index in [1.54, 1.807) is 36.5 Å². The number of ether oxygens (including phenoxy) is 1. The maximum Gasteiger partial charge on any atom is 0.339 e. The molecule has 2 aromatic heterocycles. The summed E-state index contributed by atoms with van der Waals surface area (Å²) in [4.78, 5) is 23.8. The summed E-state index contributed by atoms with van der Waals surface area (Å²) in [6, 6.07) is 12.4. The van der Waals surface area contributed by atoms with Crippen LogP contribution in [0.3, 0.4) is 0 Å². The van der Waals surface area contributed by atoms with E-state index < -0.39 is 5.97 Å². The van der Waals surface area contributed by atoms with E-state index in [0.29, 0.717) is 20.6 Å². The Morgan fingerprint density at radius 2 is 2.13 bits per heavy atom. The second kappa shape index (κ2) is 9.74. The fraction of sp³-hybridized carbons (Fsp3) is 0.0952. The number of hydrogen-bond acceptors (Lipinski definition) is 7. The van der Waals surface area contributed by atoms with E-state index in [1.807, 2.05) is 28.1 Å². The number of fused-ring (bicyclic) bond motifs is 1. The van der Waals surface area contributed by atoms with Crippen molar-refractivity contribution in [3.05, 3.63) is 80.9 Å². The summed E-state index contributed by atoms with van der Waals surface area (Å²) < 4.78 is 6.80. The average Bonchev–Trinajstić information content (AvgIpc) is 3.34. The molecule has 0 atom stereocenters. The van der Waals surface area contributed by atoms with Crippen molar-refractivity contribution in [1.82, 2.24) is 9.38 Å². The van der Waals surface area contributed by atoms with Crippen molar-refractivity contribution in [1.29, 1.82) is 0 Å². The van der Waals surface area contributed by atoms with E-state index in [-0.39, 0.29) is 6.61 Å². The monoisotopic (exact) mass is 491 g/mol. The quantitative estimate of drug-likeness (QED) is 0.175. The van der Waals surface area contributed by atoms with Crippen LogP contribution in [0.4, 0.5) is 0 Å². The summed E-state index contributed by atoms with van der Waals surface area (Å²) in [5.74, 6) is -0.400. The molecule has 0 spiro atoms. The number of nitrogens with zero attached hydrogens (tertiary/aromatic N) is 3. The number of benzene rings is 2. The molecule has 0 amide bonds. The molecule has 4 aromatic rings. The number of rotatable bonds is 7. The van der Waals surface area contributed by atoms with Gasteiger partial charge in [-0.15, -0.1) is 11.3 Å². The molecule has 0 unspecified atom stereocenters. The standard InChI is InChI=1S/C21H15Cl2N3O3S2/c1-28-20(27)15-4-2-3-5-18(15)31-19-17(26-8-9-30-21(26)25-19)11-24-29-12-13-6-7-14(22)10-16(13)23/h2-11H,12H2,1H3. The van der Waals surface area contributed by atoms with Gasteiger partial charge in [-0.2, -0.15) is 0 Å². The Kier molecular flexibility index (Phi) is 6.82. The lowest BCUT2D eigenvalue weighted by atomic mass is 10.2. The molecule has 6 nitrogen and oxygen atoms in total. The topological polar surface area (TPSA) is 65.2 Å². The molecule has 0 aliphatic rings. The number of carbonyl (C=O) groups is 1. The van der Waals surface area contributed by atoms with Gasteiger partial charge in [-0.1, -0.05) is 58.3 Å². The second-order valence-electron chi connectivity index (χ2n) is 6.19. The molecule has 2 heterocycles. The fourth-order valence-electron chi connectivity index (χ4n) is 2.75. The van der Waals surface area contributed by atoms with Gasteiger partial charge in [0.1, 0.15) is 17.3 Å². The summed E-state index contributed by atoms with van der Waals surface area (Å²) in [6.07, 6.45) is 3.50. The average molecular weight is 492 g/mol. The molecule has 0 radical (unpaired) electrons.